The quantitative estimate of drug-likeness (QED) is 0.351. The van der Waals surface area contributed by atoms with Gasteiger partial charge in [-0.2, -0.15) is 0 Å². The maximum absolute atomic E-state index is 12.9. The van der Waals surface area contributed by atoms with E-state index in [-0.39, 0.29) is 18.2 Å². The molecule has 1 saturated heterocycles. The topological polar surface area (TPSA) is 88.1 Å². The predicted molar refractivity (Wildman–Crippen MR) is 114 cm³/mol. The monoisotopic (exact) mass is 411 g/mol. The number of methoxy groups -OCH3 is 1. The number of nitrogens with zero attached hydrogens (tertiary/aromatic N) is 2. The number of hydrogen-bond acceptors (Lipinski definition) is 6. The van der Waals surface area contributed by atoms with Gasteiger partial charge >= 0.3 is 5.97 Å². The van der Waals surface area contributed by atoms with Crippen LogP contribution in [-0.4, -0.2) is 41.9 Å². The molecule has 1 aliphatic rings. The van der Waals surface area contributed by atoms with Crippen LogP contribution in [0.3, 0.4) is 0 Å². The van der Waals surface area contributed by atoms with Gasteiger partial charge in [-0.1, -0.05) is 30.0 Å². The molecule has 29 heavy (non-hydrogen) atoms. The lowest BCUT2D eigenvalue weighted by atomic mass is 10.2. The first kappa shape index (κ1) is 20.6. The van der Waals surface area contributed by atoms with Crippen molar-refractivity contribution in [3.05, 3.63) is 60.2 Å². The van der Waals surface area contributed by atoms with E-state index in [9.17, 15) is 14.4 Å². The van der Waals surface area contributed by atoms with Crippen LogP contribution < -0.4 is 10.2 Å². The molecule has 0 spiro atoms. The lowest BCUT2D eigenvalue weighted by molar-refractivity contribution is -0.121. The number of thioether (sulfide) groups is 1. The Labute approximate surface area is 173 Å². The molecule has 0 aromatic heterocycles. The van der Waals surface area contributed by atoms with Crippen molar-refractivity contribution >= 4 is 46.1 Å². The largest absolute Gasteiger partial charge is 0.465 e. The maximum Gasteiger partial charge on any atom is 0.337 e. The molecule has 0 radical (unpaired) electrons. The van der Waals surface area contributed by atoms with Crippen molar-refractivity contribution in [2.75, 3.05) is 23.9 Å². The Kier molecular flexibility index (Phi) is 6.66. The number of aliphatic imine (C=N–C) groups is 1. The summed E-state index contributed by atoms with van der Waals surface area (Å²) < 4.78 is 4.67. The van der Waals surface area contributed by atoms with Gasteiger partial charge in [0.25, 0.3) is 0 Å². The fraction of sp³-hybridized carbons (Fsp3) is 0.238. The Balaban J connectivity index is 1.73. The number of esters is 1. The second-order valence-electron chi connectivity index (χ2n) is 6.19. The van der Waals surface area contributed by atoms with E-state index < -0.39 is 11.2 Å². The molecule has 2 aromatic carbocycles. The molecule has 2 amide bonds. The van der Waals surface area contributed by atoms with E-state index in [4.69, 9.17) is 0 Å². The van der Waals surface area contributed by atoms with Gasteiger partial charge in [0.15, 0.2) is 5.17 Å². The highest BCUT2D eigenvalue weighted by molar-refractivity contribution is 8.15. The minimum absolute atomic E-state index is 0.0848. The van der Waals surface area contributed by atoms with Gasteiger partial charge in [-0.05, 0) is 43.3 Å². The average Bonchev–Trinajstić information content (AvgIpc) is 3.01. The van der Waals surface area contributed by atoms with Crippen molar-refractivity contribution in [2.45, 2.75) is 18.6 Å². The Bertz CT molecular complexity index is 929. The molecule has 1 fully saturated rings. The number of amidine groups is 1. The van der Waals surface area contributed by atoms with E-state index >= 15 is 0 Å². The van der Waals surface area contributed by atoms with Crippen molar-refractivity contribution in [2.24, 2.45) is 4.99 Å². The Morgan fingerprint density at radius 3 is 2.48 bits per heavy atom. The standard InChI is InChI=1S/C21H21N3O4S/c1-3-22-21(23-15-7-5-4-6-8-15)29-17-13-18(25)24(19(17)26)16-11-9-14(10-12-16)20(27)28-2/h4-12,17H,3,13H2,1-2H3,(H,22,23)/t17-/m0/s1. The van der Waals surface area contributed by atoms with Gasteiger partial charge in [0, 0.05) is 18.7 Å². The summed E-state index contributed by atoms with van der Waals surface area (Å²) >= 11 is 1.25. The number of amides is 2. The van der Waals surface area contributed by atoms with Crippen LogP contribution >= 0.6 is 11.8 Å². The molecule has 1 heterocycles. The van der Waals surface area contributed by atoms with Crippen LogP contribution in [0.5, 0.6) is 0 Å². The minimum atomic E-state index is -0.565. The van der Waals surface area contributed by atoms with Crippen LogP contribution in [0.4, 0.5) is 11.4 Å². The number of ether oxygens (including phenoxy) is 1. The van der Waals surface area contributed by atoms with Gasteiger partial charge in [0.2, 0.25) is 11.8 Å². The van der Waals surface area contributed by atoms with E-state index in [0.717, 1.165) is 10.6 Å². The highest BCUT2D eigenvalue weighted by atomic mass is 32.2. The van der Waals surface area contributed by atoms with Gasteiger partial charge in [-0.15, -0.1) is 0 Å². The van der Waals surface area contributed by atoms with E-state index in [0.29, 0.717) is 23.0 Å². The van der Waals surface area contributed by atoms with Gasteiger partial charge in [-0.3, -0.25) is 14.6 Å². The number of imide groups is 1. The summed E-state index contributed by atoms with van der Waals surface area (Å²) in [6.07, 6.45) is 0.0848. The minimum Gasteiger partial charge on any atom is -0.465 e. The smallest absolute Gasteiger partial charge is 0.337 e. The average molecular weight is 411 g/mol. The molecule has 0 bridgehead atoms. The van der Waals surface area contributed by atoms with Gasteiger partial charge in [0.05, 0.1) is 18.4 Å². The summed E-state index contributed by atoms with van der Waals surface area (Å²) in [6, 6.07) is 15.7. The zero-order valence-electron chi connectivity index (χ0n) is 16.1. The van der Waals surface area contributed by atoms with Crippen molar-refractivity contribution in [1.29, 1.82) is 0 Å². The van der Waals surface area contributed by atoms with Crippen molar-refractivity contribution in [1.82, 2.24) is 0 Å². The summed E-state index contributed by atoms with van der Waals surface area (Å²) in [7, 11) is 1.30. The third kappa shape index (κ3) is 4.83. The second kappa shape index (κ2) is 9.38. The molecule has 2 aromatic rings. The maximum atomic E-state index is 12.9. The molecule has 0 unspecified atom stereocenters. The number of carbonyl (C=O) groups excluding carboxylic acids is 3. The van der Waals surface area contributed by atoms with Crippen molar-refractivity contribution < 1.29 is 19.1 Å². The first-order valence-corrected chi connectivity index (χ1v) is 9.99. The molecule has 150 valence electrons. The molecule has 1 aliphatic heterocycles. The molecule has 3 rings (SSSR count). The Morgan fingerprint density at radius 2 is 1.86 bits per heavy atom. The summed E-state index contributed by atoms with van der Waals surface area (Å²) in [5.74, 6) is -1.06. The zero-order chi connectivity index (χ0) is 20.8. The number of benzene rings is 2. The van der Waals surface area contributed by atoms with Crippen LogP contribution in [0, 0.1) is 0 Å². The predicted octanol–water partition coefficient (Wildman–Crippen LogP) is 3.33. The first-order valence-electron chi connectivity index (χ1n) is 9.11. The number of para-hydroxylation sites is 1. The summed E-state index contributed by atoms with van der Waals surface area (Å²) in [5, 5.41) is 3.23. The molecule has 0 aliphatic carbocycles. The molecule has 7 nitrogen and oxygen atoms in total. The summed E-state index contributed by atoms with van der Waals surface area (Å²) in [4.78, 5) is 42.5. The molecule has 1 atom stereocenters. The third-order valence-corrected chi connectivity index (χ3v) is 5.34. The second-order valence-corrected chi connectivity index (χ2v) is 7.38. The molecular formula is C21H21N3O4S. The first-order chi connectivity index (χ1) is 14.0. The molecule has 0 saturated carbocycles. The third-order valence-electron chi connectivity index (χ3n) is 4.23. The van der Waals surface area contributed by atoms with Gasteiger partial charge in [-0.25, -0.2) is 9.69 Å². The fourth-order valence-electron chi connectivity index (χ4n) is 2.86. The van der Waals surface area contributed by atoms with Gasteiger partial charge in [0.1, 0.15) is 5.25 Å². The highest BCUT2D eigenvalue weighted by Crippen LogP contribution is 2.31. The summed E-state index contributed by atoms with van der Waals surface area (Å²) in [6.45, 7) is 2.46. The lowest BCUT2D eigenvalue weighted by Gasteiger charge is -2.16. The molecule has 1 N–H and O–H groups in total. The Morgan fingerprint density at radius 1 is 1.17 bits per heavy atom. The summed E-state index contributed by atoms with van der Waals surface area (Å²) in [5.41, 5.74) is 1.64. The van der Waals surface area contributed by atoms with Crippen LogP contribution in [-0.2, 0) is 14.3 Å². The molecule has 8 heteroatoms. The van der Waals surface area contributed by atoms with Crippen molar-refractivity contribution in [3.8, 4) is 0 Å². The molecular weight excluding hydrogens is 390 g/mol. The van der Waals surface area contributed by atoms with Crippen LogP contribution in [0.2, 0.25) is 0 Å². The van der Waals surface area contributed by atoms with Gasteiger partial charge < -0.3 is 10.1 Å². The van der Waals surface area contributed by atoms with E-state index in [1.54, 1.807) is 12.1 Å². The van der Waals surface area contributed by atoms with E-state index in [1.165, 1.54) is 31.0 Å². The number of carbonyl (C=O) groups is 3. The number of hydrogen-bond donors (Lipinski definition) is 1. The highest BCUT2D eigenvalue weighted by Gasteiger charge is 2.40. The Hall–Kier alpha value is -3.13. The van der Waals surface area contributed by atoms with Crippen molar-refractivity contribution in [3.63, 3.8) is 0 Å². The number of anilines is 2. The normalized spacial score (nSPS) is 16.8. The SMILES string of the molecule is CCN=C(Nc1ccccc1)S[C@H]1CC(=O)N(c2ccc(C(=O)OC)cc2)C1=O. The fourth-order valence-corrected chi connectivity index (χ4v) is 3.94. The van der Waals surface area contributed by atoms with E-state index in [1.807, 2.05) is 37.3 Å². The van der Waals surface area contributed by atoms with Crippen LogP contribution in [0.25, 0.3) is 0 Å². The van der Waals surface area contributed by atoms with Crippen LogP contribution in [0.15, 0.2) is 59.6 Å². The zero-order valence-corrected chi connectivity index (χ0v) is 16.9. The van der Waals surface area contributed by atoms with Crippen LogP contribution in [0.1, 0.15) is 23.7 Å². The lowest BCUT2D eigenvalue weighted by Crippen LogP contribution is -2.31. The number of rotatable bonds is 5. The number of nitrogens with one attached hydrogen (secondary N) is 1. The van der Waals surface area contributed by atoms with E-state index in [2.05, 4.69) is 15.0 Å².